The van der Waals surface area contributed by atoms with Crippen molar-refractivity contribution in [1.82, 2.24) is 14.5 Å². The van der Waals surface area contributed by atoms with Crippen LogP contribution in [-0.2, 0) is 22.7 Å². The third kappa shape index (κ3) is 6.28. The maximum absolute atomic E-state index is 12.7. The molecule has 1 atom stereocenters. The van der Waals surface area contributed by atoms with Crippen molar-refractivity contribution in [2.75, 3.05) is 0 Å². The molecule has 1 amide bonds. The molecule has 0 fully saturated rings. The van der Waals surface area contributed by atoms with Gasteiger partial charge in [-0.3, -0.25) is 9.59 Å². The van der Waals surface area contributed by atoms with Crippen LogP contribution in [0.3, 0.4) is 0 Å². The first-order valence-electron chi connectivity index (χ1n) is 10.5. The molecule has 0 saturated carbocycles. The first-order chi connectivity index (χ1) is 16.4. The van der Waals surface area contributed by atoms with Gasteiger partial charge in [-0.25, -0.2) is 14.4 Å². The van der Waals surface area contributed by atoms with Crippen molar-refractivity contribution in [3.8, 4) is 0 Å². The lowest BCUT2D eigenvalue weighted by atomic mass is 10.1. The first-order valence-corrected chi connectivity index (χ1v) is 10.5. The molecule has 0 aliphatic rings. The Hall–Kier alpha value is -4.47. The zero-order valence-electron chi connectivity index (χ0n) is 18.1. The Morgan fingerprint density at radius 1 is 0.941 bits per heavy atom. The molecule has 176 valence electrons. The van der Waals surface area contributed by atoms with Crippen LogP contribution in [0.15, 0.2) is 82.5 Å². The van der Waals surface area contributed by atoms with Crippen molar-refractivity contribution in [1.29, 1.82) is 0 Å². The summed E-state index contributed by atoms with van der Waals surface area (Å²) in [5, 5.41) is 11.7. The Morgan fingerprint density at radius 3 is 2.24 bits per heavy atom. The van der Waals surface area contributed by atoms with Gasteiger partial charge in [-0.05, 0) is 30.5 Å². The number of ether oxygens (including phenoxy) is 1. The minimum atomic E-state index is -1.26. The van der Waals surface area contributed by atoms with E-state index < -0.39 is 35.3 Å². The number of benzene rings is 2. The van der Waals surface area contributed by atoms with Crippen LogP contribution in [-0.4, -0.2) is 38.3 Å². The Balaban J connectivity index is 1.61. The number of aryl methyl sites for hydroxylation is 1. The van der Waals surface area contributed by atoms with Gasteiger partial charge in [0.25, 0.3) is 11.5 Å². The molecule has 3 rings (SSSR count). The summed E-state index contributed by atoms with van der Waals surface area (Å²) in [7, 11) is 0. The molecule has 0 aliphatic heterocycles. The number of nitrogens with zero attached hydrogens (tertiary/aromatic N) is 2. The molecular formula is C24H23N3O7. The van der Waals surface area contributed by atoms with Crippen LogP contribution in [0.25, 0.3) is 0 Å². The van der Waals surface area contributed by atoms with Gasteiger partial charge in [-0.15, -0.1) is 0 Å². The third-order valence-corrected chi connectivity index (χ3v) is 4.97. The topological polar surface area (TPSA) is 137 Å². The van der Waals surface area contributed by atoms with Crippen molar-refractivity contribution in [2.45, 2.75) is 32.0 Å². The summed E-state index contributed by atoms with van der Waals surface area (Å²) in [6.45, 7) is 0.0249. The van der Waals surface area contributed by atoms with Gasteiger partial charge in [0.2, 0.25) is 0 Å². The SMILES string of the molecule is O=C(N[C@@H](CCCn1ccc(=O)n(C(=O)c2ccccc2)c1=O)C(=O)O)OCc1ccccc1. The molecule has 0 radical (unpaired) electrons. The highest BCUT2D eigenvalue weighted by molar-refractivity contribution is 5.95. The number of hydrogen-bond donors (Lipinski definition) is 2. The summed E-state index contributed by atoms with van der Waals surface area (Å²) in [5.74, 6) is -2.01. The molecule has 0 bridgehead atoms. The van der Waals surface area contributed by atoms with Crippen LogP contribution in [0.2, 0.25) is 0 Å². The van der Waals surface area contributed by atoms with Gasteiger partial charge in [0.05, 0.1) is 0 Å². The minimum Gasteiger partial charge on any atom is -0.480 e. The molecule has 10 heteroatoms. The van der Waals surface area contributed by atoms with Crippen molar-refractivity contribution in [2.24, 2.45) is 0 Å². The second-order valence-electron chi connectivity index (χ2n) is 7.38. The molecule has 2 aromatic carbocycles. The van der Waals surface area contributed by atoms with E-state index in [0.717, 1.165) is 16.2 Å². The number of carboxylic acid groups (broad SMARTS) is 1. The number of aliphatic carboxylic acids is 1. The molecule has 34 heavy (non-hydrogen) atoms. The Bertz CT molecular complexity index is 1270. The van der Waals surface area contributed by atoms with Crippen LogP contribution in [0, 0.1) is 0 Å². The van der Waals surface area contributed by atoms with Gasteiger partial charge in [0.1, 0.15) is 12.6 Å². The van der Waals surface area contributed by atoms with Crippen molar-refractivity contribution in [3.05, 3.63) is 105 Å². The maximum atomic E-state index is 12.7. The van der Waals surface area contributed by atoms with Crippen LogP contribution in [0.4, 0.5) is 4.79 Å². The Labute approximate surface area is 194 Å². The summed E-state index contributed by atoms with van der Waals surface area (Å²) in [4.78, 5) is 61.0. The fraction of sp³-hybridized carbons (Fsp3) is 0.208. The highest BCUT2D eigenvalue weighted by Gasteiger charge is 2.21. The van der Waals surface area contributed by atoms with Gasteiger partial charge in [-0.1, -0.05) is 48.5 Å². The third-order valence-electron chi connectivity index (χ3n) is 4.97. The van der Waals surface area contributed by atoms with Crippen LogP contribution < -0.4 is 16.6 Å². The van der Waals surface area contributed by atoms with Crippen molar-refractivity contribution in [3.63, 3.8) is 0 Å². The fourth-order valence-electron chi connectivity index (χ4n) is 3.21. The van der Waals surface area contributed by atoms with E-state index in [-0.39, 0.29) is 31.6 Å². The number of carbonyl (C=O) groups is 3. The Morgan fingerprint density at radius 2 is 1.59 bits per heavy atom. The van der Waals surface area contributed by atoms with Gasteiger partial charge in [0.15, 0.2) is 0 Å². The quantitative estimate of drug-likeness (QED) is 0.492. The van der Waals surface area contributed by atoms with Crippen LogP contribution in [0.5, 0.6) is 0 Å². The van der Waals surface area contributed by atoms with Gasteiger partial charge >= 0.3 is 17.8 Å². The summed E-state index contributed by atoms with van der Waals surface area (Å²) < 4.78 is 6.72. The van der Waals surface area contributed by atoms with E-state index in [1.54, 1.807) is 42.5 Å². The molecule has 0 spiro atoms. The lowest BCUT2D eigenvalue weighted by molar-refractivity contribution is -0.139. The molecule has 10 nitrogen and oxygen atoms in total. The van der Waals surface area contributed by atoms with E-state index in [1.165, 1.54) is 18.3 Å². The van der Waals surface area contributed by atoms with Crippen LogP contribution >= 0.6 is 0 Å². The number of hydrogen-bond acceptors (Lipinski definition) is 6. The zero-order valence-corrected chi connectivity index (χ0v) is 18.1. The fourth-order valence-corrected chi connectivity index (χ4v) is 3.21. The monoisotopic (exact) mass is 465 g/mol. The van der Waals surface area contributed by atoms with Crippen LogP contribution in [0.1, 0.15) is 28.8 Å². The number of rotatable bonds is 9. The highest BCUT2D eigenvalue weighted by atomic mass is 16.5. The number of aromatic nitrogens is 2. The molecule has 0 aliphatic carbocycles. The maximum Gasteiger partial charge on any atom is 0.408 e. The number of carboxylic acids is 1. The average molecular weight is 465 g/mol. The van der Waals surface area contributed by atoms with Crippen molar-refractivity contribution >= 4 is 18.0 Å². The first kappa shape index (κ1) is 24.2. The van der Waals surface area contributed by atoms with Crippen molar-refractivity contribution < 1.29 is 24.2 Å². The molecular weight excluding hydrogens is 442 g/mol. The average Bonchev–Trinajstić information content (AvgIpc) is 2.84. The molecule has 0 unspecified atom stereocenters. The normalized spacial score (nSPS) is 11.4. The molecule has 0 saturated heterocycles. The largest absolute Gasteiger partial charge is 0.480 e. The highest BCUT2D eigenvalue weighted by Crippen LogP contribution is 2.04. The molecule has 3 aromatic rings. The summed E-state index contributed by atoms with van der Waals surface area (Å²) >= 11 is 0. The van der Waals surface area contributed by atoms with Gasteiger partial charge in [-0.2, -0.15) is 4.57 Å². The number of carbonyl (C=O) groups excluding carboxylic acids is 2. The lowest BCUT2D eigenvalue weighted by Gasteiger charge is -2.15. The Kier molecular flexibility index (Phi) is 8.11. The van der Waals surface area contributed by atoms with Gasteiger partial charge in [0, 0.05) is 24.4 Å². The van der Waals surface area contributed by atoms with E-state index in [9.17, 15) is 29.1 Å². The molecule has 2 N–H and O–H groups in total. The number of nitrogens with one attached hydrogen (secondary N) is 1. The second kappa shape index (κ2) is 11.4. The summed E-state index contributed by atoms with van der Waals surface area (Å²) in [6, 6.07) is 16.7. The summed E-state index contributed by atoms with van der Waals surface area (Å²) in [6.07, 6.45) is 0.536. The smallest absolute Gasteiger partial charge is 0.408 e. The predicted octanol–water partition coefficient (Wildman–Crippen LogP) is 1.86. The molecule has 1 heterocycles. The van der Waals surface area contributed by atoms with E-state index >= 15 is 0 Å². The number of amides is 1. The lowest BCUT2D eigenvalue weighted by Crippen LogP contribution is -2.43. The minimum absolute atomic E-state index is 0.00598. The van der Waals surface area contributed by atoms with E-state index in [0.29, 0.717) is 4.57 Å². The van der Waals surface area contributed by atoms with Gasteiger partial charge < -0.3 is 19.7 Å². The molecule has 1 aromatic heterocycles. The second-order valence-corrected chi connectivity index (χ2v) is 7.38. The zero-order chi connectivity index (χ0) is 24.5. The predicted molar refractivity (Wildman–Crippen MR) is 122 cm³/mol. The number of alkyl carbamates (subject to hydrolysis) is 1. The van der Waals surface area contributed by atoms with E-state index in [4.69, 9.17) is 4.74 Å². The summed E-state index contributed by atoms with van der Waals surface area (Å²) in [5.41, 5.74) is -0.655. The van der Waals surface area contributed by atoms with E-state index in [2.05, 4.69) is 5.32 Å². The van der Waals surface area contributed by atoms with E-state index in [1.807, 2.05) is 6.07 Å². The standard InChI is InChI=1S/C24H23N3O7/c28-20-13-15-26(24(33)27(20)21(29)18-10-5-2-6-11-18)14-7-12-19(22(30)31)25-23(32)34-16-17-8-3-1-4-9-17/h1-6,8-11,13,15,19H,7,12,14,16H2,(H,25,32)(H,30,31)/t19-/m0/s1.